The smallest absolute Gasteiger partial charge is 0.411 e. The molecule has 0 unspecified atom stereocenters. The SMILES string of the molecule is COC(=O)[C@@H]1CCC[C@H](C(=O)O)N1C(=O)OCC1c2ccccc2-c2ccccc21. The number of rotatable bonds is 4. The molecule has 7 heteroatoms. The molecule has 1 aliphatic carbocycles. The third-order valence-corrected chi connectivity index (χ3v) is 5.93. The summed E-state index contributed by atoms with van der Waals surface area (Å²) < 4.78 is 10.4. The average Bonchev–Trinajstić information content (AvgIpc) is 3.10. The molecule has 2 aromatic rings. The average molecular weight is 409 g/mol. The second kappa shape index (κ2) is 8.18. The summed E-state index contributed by atoms with van der Waals surface area (Å²) in [6.45, 7) is 0.0591. The molecule has 0 bridgehead atoms. The van der Waals surface area contributed by atoms with E-state index in [9.17, 15) is 19.5 Å². The second-order valence-corrected chi connectivity index (χ2v) is 7.54. The molecule has 2 atom stereocenters. The summed E-state index contributed by atoms with van der Waals surface area (Å²) in [4.78, 5) is 37.9. The minimum absolute atomic E-state index is 0.0591. The van der Waals surface area contributed by atoms with E-state index in [1.165, 1.54) is 7.11 Å². The van der Waals surface area contributed by atoms with Gasteiger partial charge in [-0.3, -0.25) is 4.90 Å². The van der Waals surface area contributed by atoms with Crippen LogP contribution in [0.15, 0.2) is 48.5 Å². The number of benzene rings is 2. The molecule has 2 aromatic carbocycles. The van der Waals surface area contributed by atoms with Gasteiger partial charge in [0.05, 0.1) is 7.11 Å². The number of carboxylic acid groups (broad SMARTS) is 1. The summed E-state index contributed by atoms with van der Waals surface area (Å²) >= 11 is 0. The first kappa shape index (κ1) is 19.9. The number of ether oxygens (including phenoxy) is 2. The van der Waals surface area contributed by atoms with Crippen molar-refractivity contribution in [1.29, 1.82) is 0 Å². The van der Waals surface area contributed by atoms with E-state index in [1.807, 2.05) is 48.5 Å². The number of nitrogens with zero attached hydrogens (tertiary/aromatic N) is 1. The minimum Gasteiger partial charge on any atom is -0.480 e. The lowest BCUT2D eigenvalue weighted by Crippen LogP contribution is -2.56. The Morgan fingerprint density at radius 2 is 1.53 bits per heavy atom. The van der Waals surface area contributed by atoms with Gasteiger partial charge in [0.15, 0.2) is 0 Å². The molecule has 1 heterocycles. The standard InChI is InChI=1S/C23H23NO6/c1-29-22(27)20-12-6-11-19(21(25)26)24(20)23(28)30-13-18-16-9-4-2-7-14(16)15-8-3-5-10-17(15)18/h2-5,7-10,18-20H,6,11-13H2,1H3,(H,25,26)/t19-,20+/m1/s1. The van der Waals surface area contributed by atoms with Gasteiger partial charge < -0.3 is 14.6 Å². The number of piperidine rings is 1. The topological polar surface area (TPSA) is 93.1 Å². The molecular formula is C23H23NO6. The Bertz CT molecular complexity index is 942. The summed E-state index contributed by atoms with van der Waals surface area (Å²) in [5, 5.41) is 9.57. The van der Waals surface area contributed by atoms with Crippen molar-refractivity contribution >= 4 is 18.0 Å². The van der Waals surface area contributed by atoms with Gasteiger partial charge in [0.2, 0.25) is 0 Å². The number of likely N-dealkylation sites (tertiary alicyclic amines) is 1. The lowest BCUT2D eigenvalue weighted by atomic mass is 9.96. The highest BCUT2D eigenvalue weighted by Crippen LogP contribution is 2.44. The lowest BCUT2D eigenvalue weighted by Gasteiger charge is -2.37. The molecule has 1 N–H and O–H groups in total. The number of methoxy groups -OCH3 is 1. The fraction of sp³-hybridized carbons (Fsp3) is 0.348. The number of amides is 1. The van der Waals surface area contributed by atoms with Crippen LogP contribution < -0.4 is 0 Å². The van der Waals surface area contributed by atoms with Crippen molar-refractivity contribution in [1.82, 2.24) is 4.90 Å². The van der Waals surface area contributed by atoms with Crippen LogP contribution in [0.5, 0.6) is 0 Å². The van der Waals surface area contributed by atoms with Crippen LogP contribution in [0.1, 0.15) is 36.3 Å². The van der Waals surface area contributed by atoms with Gasteiger partial charge in [-0.15, -0.1) is 0 Å². The molecule has 2 aliphatic rings. The van der Waals surface area contributed by atoms with Crippen LogP contribution in [0.25, 0.3) is 11.1 Å². The number of carbonyl (C=O) groups is 3. The highest BCUT2D eigenvalue weighted by Gasteiger charge is 2.43. The minimum atomic E-state index is -1.16. The molecule has 0 saturated carbocycles. The fourth-order valence-electron chi connectivity index (χ4n) is 4.53. The highest BCUT2D eigenvalue weighted by atomic mass is 16.6. The molecule has 4 rings (SSSR count). The summed E-state index contributed by atoms with van der Waals surface area (Å²) in [5.74, 6) is -1.93. The Hall–Kier alpha value is -3.35. The zero-order chi connectivity index (χ0) is 21.3. The van der Waals surface area contributed by atoms with Crippen LogP contribution in [-0.4, -0.2) is 53.8 Å². The van der Waals surface area contributed by atoms with Crippen molar-refractivity contribution in [3.63, 3.8) is 0 Å². The third-order valence-electron chi connectivity index (χ3n) is 5.93. The first-order chi connectivity index (χ1) is 14.5. The maximum atomic E-state index is 13.0. The number of aliphatic carboxylic acids is 1. The Morgan fingerprint density at radius 3 is 2.10 bits per heavy atom. The molecule has 1 amide bonds. The largest absolute Gasteiger partial charge is 0.480 e. The van der Waals surface area contributed by atoms with Crippen LogP contribution >= 0.6 is 0 Å². The summed E-state index contributed by atoms with van der Waals surface area (Å²) in [6.07, 6.45) is 0.330. The predicted molar refractivity (Wildman–Crippen MR) is 108 cm³/mol. The first-order valence-electron chi connectivity index (χ1n) is 9.97. The van der Waals surface area contributed by atoms with Crippen LogP contribution in [-0.2, 0) is 19.1 Å². The monoisotopic (exact) mass is 409 g/mol. The van der Waals surface area contributed by atoms with Crippen molar-refractivity contribution in [3.8, 4) is 11.1 Å². The summed E-state index contributed by atoms with van der Waals surface area (Å²) in [5.41, 5.74) is 4.32. The zero-order valence-corrected chi connectivity index (χ0v) is 16.6. The number of carboxylic acids is 1. The van der Waals surface area contributed by atoms with Gasteiger partial charge in [-0.05, 0) is 41.5 Å². The molecule has 1 aliphatic heterocycles. The van der Waals surface area contributed by atoms with Gasteiger partial charge in [0.25, 0.3) is 0 Å². The van der Waals surface area contributed by atoms with E-state index in [1.54, 1.807) is 0 Å². The normalized spacial score (nSPS) is 20.2. The van der Waals surface area contributed by atoms with Crippen molar-refractivity contribution in [2.24, 2.45) is 0 Å². The van der Waals surface area contributed by atoms with E-state index in [0.717, 1.165) is 27.2 Å². The van der Waals surface area contributed by atoms with Gasteiger partial charge in [-0.25, -0.2) is 14.4 Å². The number of esters is 1. The molecule has 30 heavy (non-hydrogen) atoms. The van der Waals surface area contributed by atoms with Gasteiger partial charge in [0.1, 0.15) is 18.7 Å². The number of hydrogen-bond donors (Lipinski definition) is 1. The molecule has 7 nitrogen and oxygen atoms in total. The van der Waals surface area contributed by atoms with Gasteiger partial charge in [-0.1, -0.05) is 48.5 Å². The number of carbonyl (C=O) groups excluding carboxylic acids is 2. The number of fused-ring (bicyclic) bond motifs is 3. The van der Waals surface area contributed by atoms with Crippen molar-refractivity contribution in [2.75, 3.05) is 13.7 Å². The van der Waals surface area contributed by atoms with E-state index >= 15 is 0 Å². The molecule has 0 aromatic heterocycles. The Balaban J connectivity index is 1.57. The molecule has 0 radical (unpaired) electrons. The second-order valence-electron chi connectivity index (χ2n) is 7.54. The maximum Gasteiger partial charge on any atom is 0.411 e. The van der Waals surface area contributed by atoms with E-state index < -0.39 is 30.1 Å². The Kier molecular flexibility index (Phi) is 5.44. The predicted octanol–water partition coefficient (Wildman–Crippen LogP) is 3.42. The molecule has 1 fully saturated rings. The van der Waals surface area contributed by atoms with Crippen molar-refractivity contribution < 1.29 is 29.0 Å². The summed E-state index contributed by atoms with van der Waals surface area (Å²) in [6, 6.07) is 13.8. The third kappa shape index (κ3) is 3.40. The van der Waals surface area contributed by atoms with Crippen LogP contribution in [0, 0.1) is 0 Å². The lowest BCUT2D eigenvalue weighted by molar-refractivity contribution is -0.154. The van der Waals surface area contributed by atoms with Crippen molar-refractivity contribution in [2.45, 2.75) is 37.3 Å². The van der Waals surface area contributed by atoms with Crippen molar-refractivity contribution in [3.05, 3.63) is 59.7 Å². The van der Waals surface area contributed by atoms with Crippen LogP contribution in [0.3, 0.4) is 0 Å². The molecular weight excluding hydrogens is 386 g/mol. The van der Waals surface area contributed by atoms with Gasteiger partial charge in [-0.2, -0.15) is 0 Å². The first-order valence-corrected chi connectivity index (χ1v) is 9.97. The van der Waals surface area contributed by atoms with E-state index in [-0.39, 0.29) is 18.9 Å². The zero-order valence-electron chi connectivity index (χ0n) is 16.6. The summed E-state index contributed by atoms with van der Waals surface area (Å²) in [7, 11) is 1.22. The van der Waals surface area contributed by atoms with E-state index in [0.29, 0.717) is 12.8 Å². The molecule has 0 spiro atoms. The number of hydrogen-bond acceptors (Lipinski definition) is 5. The fourth-order valence-corrected chi connectivity index (χ4v) is 4.53. The van der Waals surface area contributed by atoms with Gasteiger partial charge in [0, 0.05) is 5.92 Å². The van der Waals surface area contributed by atoms with E-state index in [4.69, 9.17) is 9.47 Å². The quantitative estimate of drug-likeness (QED) is 0.778. The maximum absolute atomic E-state index is 13.0. The van der Waals surface area contributed by atoms with Gasteiger partial charge >= 0.3 is 18.0 Å². The Labute approximate surface area is 174 Å². The van der Waals surface area contributed by atoms with E-state index in [2.05, 4.69) is 0 Å². The van der Waals surface area contributed by atoms with Crippen LogP contribution in [0.2, 0.25) is 0 Å². The Morgan fingerprint density at radius 1 is 0.967 bits per heavy atom. The highest BCUT2D eigenvalue weighted by molar-refractivity contribution is 5.87. The van der Waals surface area contributed by atoms with Crippen LogP contribution in [0.4, 0.5) is 4.79 Å². The molecule has 156 valence electrons. The molecule has 1 saturated heterocycles.